The maximum Gasteiger partial charge on any atom is 0.262 e. The van der Waals surface area contributed by atoms with Gasteiger partial charge in [-0.25, -0.2) is 0 Å². The van der Waals surface area contributed by atoms with Gasteiger partial charge < -0.3 is 9.32 Å². The minimum Gasteiger partial charge on any atom is -0.417 e. The van der Waals surface area contributed by atoms with Crippen LogP contribution in [0.2, 0.25) is 0 Å². The molecule has 0 atom stereocenters. The second-order valence-corrected chi connectivity index (χ2v) is 13.6. The van der Waals surface area contributed by atoms with E-state index in [0.29, 0.717) is 5.89 Å². The van der Waals surface area contributed by atoms with Crippen LogP contribution in [-0.2, 0) is 0 Å². The van der Waals surface area contributed by atoms with Crippen LogP contribution in [0.15, 0.2) is 126 Å². The molecule has 0 saturated carbocycles. The van der Waals surface area contributed by atoms with E-state index in [1.54, 1.807) is 0 Å². The number of hydrogen-bond donors (Lipinski definition) is 0. The van der Waals surface area contributed by atoms with E-state index in [-0.39, 0.29) is 0 Å². The van der Waals surface area contributed by atoms with Crippen molar-refractivity contribution >= 4 is 46.6 Å². The molecule has 0 radical (unpaired) electrons. The highest BCUT2D eigenvalue weighted by Crippen LogP contribution is 2.56. The molecule has 1 fully saturated rings. The molecule has 1 aliphatic heterocycles. The normalized spacial score (nSPS) is 14.6. The van der Waals surface area contributed by atoms with Gasteiger partial charge in [-0.1, -0.05) is 91.9 Å². The molecule has 4 aromatic carbocycles. The Labute approximate surface area is 232 Å². The van der Waals surface area contributed by atoms with Crippen LogP contribution in [0.4, 0.5) is 5.88 Å². The second-order valence-electron chi connectivity index (χ2n) is 10.3. The first kappa shape index (κ1) is 25.3. The molecule has 194 valence electrons. The molecule has 1 aromatic heterocycles. The maximum atomic E-state index is 6.74. The lowest BCUT2D eigenvalue weighted by molar-refractivity contribution is 0.416. The van der Waals surface area contributed by atoms with Crippen molar-refractivity contribution < 1.29 is 4.42 Å². The first-order valence-corrected chi connectivity index (χ1v) is 15.6. The van der Waals surface area contributed by atoms with Gasteiger partial charge in [-0.05, 0) is 66.8 Å². The van der Waals surface area contributed by atoms with Crippen LogP contribution < -0.4 is 26.2 Å². The smallest absolute Gasteiger partial charge is 0.262 e. The Morgan fingerprint density at radius 2 is 1.13 bits per heavy atom. The molecule has 5 aromatic rings. The van der Waals surface area contributed by atoms with E-state index in [1.165, 1.54) is 15.9 Å². The van der Waals surface area contributed by atoms with Gasteiger partial charge in [-0.3, -0.25) is 0 Å². The van der Waals surface area contributed by atoms with Crippen LogP contribution in [-0.4, -0.2) is 18.1 Å². The predicted molar refractivity (Wildman–Crippen MR) is 167 cm³/mol. The van der Waals surface area contributed by atoms with E-state index in [2.05, 4.69) is 133 Å². The van der Waals surface area contributed by atoms with Crippen molar-refractivity contribution in [2.75, 3.05) is 18.0 Å². The zero-order valence-electron chi connectivity index (χ0n) is 22.4. The van der Waals surface area contributed by atoms with Crippen LogP contribution in [0, 0.1) is 5.92 Å². The molecule has 0 bridgehead atoms. The molecule has 0 spiro atoms. The van der Waals surface area contributed by atoms with E-state index in [4.69, 9.17) is 9.40 Å². The third kappa shape index (κ3) is 5.07. The fraction of sp³-hybridized carbons (Fsp3) is 0.171. The number of hydrogen-bond acceptors (Lipinski definition) is 3. The van der Waals surface area contributed by atoms with Crippen molar-refractivity contribution in [1.82, 2.24) is 4.98 Å². The average Bonchev–Trinajstić information content (AvgIpc) is 3.43. The molecule has 2 heterocycles. The highest BCUT2D eigenvalue weighted by molar-refractivity contribution is 8.01. The van der Waals surface area contributed by atoms with Crippen molar-refractivity contribution in [2.45, 2.75) is 19.8 Å². The number of rotatable bonds is 7. The lowest BCUT2D eigenvalue weighted by Crippen LogP contribution is -2.43. The second kappa shape index (κ2) is 11.4. The monoisotopic (exact) mass is 529 g/mol. The fourth-order valence-corrected chi connectivity index (χ4v) is 9.74. The van der Waals surface area contributed by atoms with Gasteiger partial charge in [-0.15, -0.1) is 0 Å². The molecular formula is C35H34N2OP+. The Morgan fingerprint density at radius 3 is 1.62 bits per heavy atom. The van der Waals surface area contributed by atoms with Gasteiger partial charge in [0.2, 0.25) is 5.89 Å². The molecule has 1 saturated heterocycles. The van der Waals surface area contributed by atoms with Crippen molar-refractivity contribution in [2.24, 2.45) is 5.92 Å². The summed E-state index contributed by atoms with van der Waals surface area (Å²) >= 11 is 0. The van der Waals surface area contributed by atoms with Gasteiger partial charge in [0.05, 0.1) is 0 Å². The Kier molecular flexibility index (Phi) is 7.43. The van der Waals surface area contributed by atoms with Crippen LogP contribution in [0.1, 0.15) is 31.2 Å². The van der Waals surface area contributed by atoms with Crippen LogP contribution in [0.25, 0.3) is 12.2 Å². The predicted octanol–water partition coefficient (Wildman–Crippen LogP) is 6.70. The molecule has 39 heavy (non-hydrogen) atoms. The molecule has 0 N–H and O–H groups in total. The van der Waals surface area contributed by atoms with E-state index in [9.17, 15) is 0 Å². The molecule has 0 amide bonds. The Hall–Kier alpha value is -3.94. The number of aromatic nitrogens is 1. The van der Waals surface area contributed by atoms with E-state index < -0.39 is 7.26 Å². The minimum absolute atomic E-state index is 0.648. The average molecular weight is 530 g/mol. The van der Waals surface area contributed by atoms with Gasteiger partial charge in [-0.2, -0.15) is 4.98 Å². The summed E-state index contributed by atoms with van der Waals surface area (Å²) in [5.41, 5.74) is 2.18. The molecule has 0 unspecified atom stereocenters. The van der Waals surface area contributed by atoms with Gasteiger partial charge in [0.25, 0.3) is 11.3 Å². The maximum absolute atomic E-state index is 6.74. The third-order valence-electron chi connectivity index (χ3n) is 7.65. The first-order chi connectivity index (χ1) is 19.2. The zero-order chi connectivity index (χ0) is 26.5. The number of oxazole rings is 1. The summed E-state index contributed by atoms with van der Waals surface area (Å²) in [6.45, 7) is 4.30. The Morgan fingerprint density at radius 1 is 0.667 bits per heavy atom. The lowest BCUT2D eigenvalue weighted by atomic mass is 9.99. The van der Waals surface area contributed by atoms with Gasteiger partial charge in [0, 0.05) is 19.2 Å². The van der Waals surface area contributed by atoms with Gasteiger partial charge in [0.15, 0.2) is 7.26 Å². The summed E-state index contributed by atoms with van der Waals surface area (Å²) in [6.07, 6.45) is 6.42. The van der Waals surface area contributed by atoms with Crippen molar-refractivity contribution in [3.05, 3.63) is 133 Å². The Bertz CT molecular complexity index is 1410. The molecular weight excluding hydrogens is 495 g/mol. The number of anilines is 1. The summed E-state index contributed by atoms with van der Waals surface area (Å²) in [5.74, 6) is 2.29. The summed E-state index contributed by atoms with van der Waals surface area (Å²) in [7, 11) is -2.38. The van der Waals surface area contributed by atoms with E-state index in [0.717, 1.165) is 48.7 Å². The quantitative estimate of drug-likeness (QED) is 0.220. The van der Waals surface area contributed by atoms with Gasteiger partial charge >= 0.3 is 0 Å². The van der Waals surface area contributed by atoms with Crippen molar-refractivity contribution in [1.29, 1.82) is 0 Å². The number of benzene rings is 4. The minimum atomic E-state index is -2.38. The number of piperidine rings is 1. The zero-order valence-corrected chi connectivity index (χ0v) is 23.3. The molecule has 0 aliphatic carbocycles. The molecule has 3 nitrogen and oxygen atoms in total. The summed E-state index contributed by atoms with van der Waals surface area (Å²) < 4.78 is 6.74. The summed E-state index contributed by atoms with van der Waals surface area (Å²) in [4.78, 5) is 7.81. The van der Waals surface area contributed by atoms with Crippen LogP contribution >= 0.6 is 7.26 Å². The van der Waals surface area contributed by atoms with E-state index >= 15 is 0 Å². The molecule has 4 heteroatoms. The Balaban J connectivity index is 1.62. The highest BCUT2D eigenvalue weighted by atomic mass is 31.2. The van der Waals surface area contributed by atoms with Gasteiger partial charge in [0.1, 0.15) is 15.9 Å². The summed E-state index contributed by atoms with van der Waals surface area (Å²) in [5, 5.41) is 3.84. The third-order valence-corrected chi connectivity index (χ3v) is 11.8. The number of nitrogens with zero attached hydrogens (tertiary/aromatic N) is 2. The van der Waals surface area contributed by atoms with Crippen LogP contribution in [0.3, 0.4) is 0 Å². The SMILES string of the molecule is CC1CCN(c2oc(/C=C/c3ccccc3)nc2[P+](c2ccccc2)(c2ccccc2)c2ccccc2)CC1. The van der Waals surface area contributed by atoms with Crippen molar-refractivity contribution in [3.63, 3.8) is 0 Å². The standard InChI is InChI=1S/C35H34N2OP/c1-28-24-26-37(27-25-28)35-34(36-33(38-35)23-22-29-14-6-2-7-15-29)39(30-16-8-3-9-17-30,31-18-10-4-11-19-31)32-20-12-5-13-21-32/h2-23,28H,24-27H2,1H3/q+1/b23-22+. The topological polar surface area (TPSA) is 29.3 Å². The van der Waals surface area contributed by atoms with E-state index in [1.807, 2.05) is 12.1 Å². The lowest BCUT2D eigenvalue weighted by Gasteiger charge is -2.32. The largest absolute Gasteiger partial charge is 0.417 e. The molecule has 6 rings (SSSR count). The van der Waals surface area contributed by atoms with Crippen molar-refractivity contribution in [3.8, 4) is 0 Å². The van der Waals surface area contributed by atoms with Crippen LogP contribution in [0.5, 0.6) is 0 Å². The summed E-state index contributed by atoms with van der Waals surface area (Å²) in [6, 6.07) is 43.1. The molecule has 1 aliphatic rings. The first-order valence-electron chi connectivity index (χ1n) is 13.8. The highest BCUT2D eigenvalue weighted by Gasteiger charge is 2.53. The fourth-order valence-electron chi connectivity index (χ4n) is 5.53.